The minimum Gasteiger partial charge on any atom is -0.490 e. The topological polar surface area (TPSA) is 67.9 Å². The molecule has 0 bridgehead atoms. The van der Waals surface area contributed by atoms with Gasteiger partial charge in [-0.05, 0) is 31.9 Å². The van der Waals surface area contributed by atoms with Crippen molar-refractivity contribution in [3.05, 3.63) is 24.3 Å². The van der Waals surface area contributed by atoms with Crippen LogP contribution in [0.4, 0.5) is 13.2 Å². The number of carbonyl (C=O) groups is 2. The molecule has 2 amide bonds. The lowest BCUT2D eigenvalue weighted by Gasteiger charge is -2.32. The van der Waals surface area contributed by atoms with Crippen LogP contribution in [0.3, 0.4) is 0 Å². The average Bonchev–Trinajstić information content (AvgIpc) is 2.60. The molecule has 1 aliphatic heterocycles. The zero-order valence-electron chi connectivity index (χ0n) is 14.3. The molecule has 1 fully saturated rings. The lowest BCUT2D eigenvalue weighted by Crippen LogP contribution is -2.50. The van der Waals surface area contributed by atoms with Gasteiger partial charge in [-0.25, -0.2) is 0 Å². The second kappa shape index (κ2) is 8.77. The molecule has 0 atom stereocenters. The number of ether oxygens (including phenoxy) is 2. The Morgan fingerprint density at radius 2 is 1.73 bits per heavy atom. The molecule has 0 aliphatic carbocycles. The highest BCUT2D eigenvalue weighted by atomic mass is 19.4. The van der Waals surface area contributed by atoms with E-state index in [1.54, 1.807) is 24.3 Å². The van der Waals surface area contributed by atoms with Crippen molar-refractivity contribution < 1.29 is 32.2 Å². The van der Waals surface area contributed by atoms with Gasteiger partial charge in [-0.15, -0.1) is 0 Å². The smallest absolute Gasteiger partial charge is 0.471 e. The van der Waals surface area contributed by atoms with E-state index in [-0.39, 0.29) is 44.5 Å². The Balaban J connectivity index is 1.77. The fourth-order valence-corrected chi connectivity index (χ4v) is 2.66. The number of benzene rings is 1. The highest BCUT2D eigenvalue weighted by Gasteiger charge is 2.43. The number of hydrogen-bond donors (Lipinski definition) is 1. The number of carbonyl (C=O) groups excluding carboxylic acids is 2. The van der Waals surface area contributed by atoms with E-state index in [9.17, 15) is 22.8 Å². The van der Waals surface area contributed by atoms with Crippen LogP contribution in [-0.4, -0.2) is 55.2 Å². The maximum atomic E-state index is 12.4. The molecular formula is C17H21F3N2O4. The second-order valence-corrected chi connectivity index (χ2v) is 5.80. The third-order valence-electron chi connectivity index (χ3n) is 3.90. The first-order valence-electron chi connectivity index (χ1n) is 8.31. The number of piperidine rings is 1. The van der Waals surface area contributed by atoms with Crippen LogP contribution in [0.1, 0.15) is 19.8 Å². The monoisotopic (exact) mass is 374 g/mol. The first kappa shape index (κ1) is 19.9. The summed E-state index contributed by atoms with van der Waals surface area (Å²) in [5.74, 6) is -1.24. The molecule has 144 valence electrons. The van der Waals surface area contributed by atoms with Gasteiger partial charge in [0.15, 0.2) is 18.1 Å². The molecule has 26 heavy (non-hydrogen) atoms. The van der Waals surface area contributed by atoms with Crippen molar-refractivity contribution in [2.45, 2.75) is 32.0 Å². The minimum atomic E-state index is -4.86. The third-order valence-corrected chi connectivity index (χ3v) is 3.90. The van der Waals surface area contributed by atoms with E-state index in [0.717, 1.165) is 4.90 Å². The van der Waals surface area contributed by atoms with E-state index in [1.807, 2.05) is 6.92 Å². The highest BCUT2D eigenvalue weighted by Crippen LogP contribution is 2.26. The normalized spacial score (nSPS) is 15.5. The van der Waals surface area contributed by atoms with Crippen LogP contribution in [0.5, 0.6) is 11.5 Å². The van der Waals surface area contributed by atoms with Gasteiger partial charge in [-0.2, -0.15) is 13.2 Å². The lowest BCUT2D eigenvalue weighted by molar-refractivity contribution is -0.186. The van der Waals surface area contributed by atoms with Crippen molar-refractivity contribution in [1.82, 2.24) is 10.2 Å². The minimum absolute atomic E-state index is 0.0443. The molecule has 0 saturated carbocycles. The molecule has 0 spiro atoms. The summed E-state index contributed by atoms with van der Waals surface area (Å²) >= 11 is 0. The van der Waals surface area contributed by atoms with Crippen LogP contribution < -0.4 is 14.8 Å². The Morgan fingerprint density at radius 3 is 2.27 bits per heavy atom. The summed E-state index contributed by atoms with van der Waals surface area (Å²) < 4.78 is 48.0. The van der Waals surface area contributed by atoms with Gasteiger partial charge in [0, 0.05) is 19.1 Å². The fourth-order valence-electron chi connectivity index (χ4n) is 2.66. The van der Waals surface area contributed by atoms with Crippen molar-refractivity contribution >= 4 is 11.8 Å². The molecule has 9 heteroatoms. The summed E-state index contributed by atoms with van der Waals surface area (Å²) in [4.78, 5) is 23.9. The van der Waals surface area contributed by atoms with Crippen LogP contribution in [-0.2, 0) is 9.59 Å². The zero-order chi connectivity index (χ0) is 19.2. The van der Waals surface area contributed by atoms with Crippen LogP contribution in [0.25, 0.3) is 0 Å². The number of amides is 2. The van der Waals surface area contributed by atoms with Crippen LogP contribution >= 0.6 is 0 Å². The molecule has 1 heterocycles. The average molecular weight is 374 g/mol. The van der Waals surface area contributed by atoms with Gasteiger partial charge >= 0.3 is 12.1 Å². The van der Waals surface area contributed by atoms with E-state index in [2.05, 4.69) is 5.32 Å². The van der Waals surface area contributed by atoms with Gasteiger partial charge in [0.25, 0.3) is 5.91 Å². The molecule has 0 unspecified atom stereocenters. The summed E-state index contributed by atoms with van der Waals surface area (Å²) in [6, 6.07) is 6.66. The molecule has 6 nitrogen and oxygen atoms in total. The predicted octanol–water partition coefficient (Wildman–Crippen LogP) is 2.13. The largest absolute Gasteiger partial charge is 0.490 e. The number of likely N-dealkylation sites (tertiary alicyclic amines) is 1. The van der Waals surface area contributed by atoms with Gasteiger partial charge < -0.3 is 19.7 Å². The summed E-state index contributed by atoms with van der Waals surface area (Å²) in [5.41, 5.74) is 0. The van der Waals surface area contributed by atoms with Crippen molar-refractivity contribution in [1.29, 1.82) is 0 Å². The summed E-state index contributed by atoms with van der Waals surface area (Å²) in [6.45, 7) is 1.97. The first-order valence-corrected chi connectivity index (χ1v) is 8.31. The highest BCUT2D eigenvalue weighted by molar-refractivity contribution is 5.82. The predicted molar refractivity (Wildman–Crippen MR) is 86.9 cm³/mol. The molecule has 1 N–H and O–H groups in total. The number of nitrogens with one attached hydrogen (secondary N) is 1. The Hall–Kier alpha value is -2.45. The van der Waals surface area contributed by atoms with Gasteiger partial charge in [0.05, 0.1) is 6.61 Å². The van der Waals surface area contributed by atoms with Crippen molar-refractivity contribution in [3.63, 3.8) is 0 Å². The van der Waals surface area contributed by atoms with E-state index in [0.29, 0.717) is 18.1 Å². The van der Waals surface area contributed by atoms with Gasteiger partial charge in [-0.3, -0.25) is 9.59 Å². The Labute approximate surface area is 149 Å². The second-order valence-electron chi connectivity index (χ2n) is 5.80. The third kappa shape index (κ3) is 5.53. The number of halogens is 3. The lowest BCUT2D eigenvalue weighted by atomic mass is 10.0. The van der Waals surface area contributed by atoms with Crippen molar-refractivity contribution in [2.75, 3.05) is 26.3 Å². The Bertz CT molecular complexity index is 629. The molecular weight excluding hydrogens is 353 g/mol. The number of rotatable bonds is 6. The van der Waals surface area contributed by atoms with Crippen molar-refractivity contribution in [2.24, 2.45) is 0 Å². The van der Waals surface area contributed by atoms with Crippen LogP contribution in [0, 0.1) is 0 Å². The van der Waals surface area contributed by atoms with Crippen LogP contribution in [0.2, 0.25) is 0 Å². The summed E-state index contributed by atoms with van der Waals surface area (Å²) in [6.07, 6.45) is -4.33. The molecule has 1 aromatic carbocycles. The molecule has 1 saturated heterocycles. The SMILES string of the molecule is CCOc1ccccc1OCC(=O)NC1CCN(C(=O)C(F)(F)F)CC1. The van der Waals surface area contributed by atoms with Crippen LogP contribution in [0.15, 0.2) is 24.3 Å². The van der Waals surface area contributed by atoms with E-state index >= 15 is 0 Å². The van der Waals surface area contributed by atoms with Gasteiger partial charge in [0.2, 0.25) is 0 Å². The molecule has 2 rings (SSSR count). The number of hydrogen-bond acceptors (Lipinski definition) is 4. The number of nitrogens with zero attached hydrogens (tertiary/aromatic N) is 1. The Morgan fingerprint density at radius 1 is 1.15 bits per heavy atom. The zero-order valence-corrected chi connectivity index (χ0v) is 14.3. The fraction of sp³-hybridized carbons (Fsp3) is 0.529. The Kier molecular flexibility index (Phi) is 6.70. The van der Waals surface area contributed by atoms with Gasteiger partial charge in [-0.1, -0.05) is 12.1 Å². The van der Waals surface area contributed by atoms with E-state index in [4.69, 9.17) is 9.47 Å². The maximum Gasteiger partial charge on any atom is 0.471 e. The maximum absolute atomic E-state index is 12.4. The summed E-state index contributed by atoms with van der Waals surface area (Å²) in [7, 11) is 0. The number of para-hydroxylation sites is 2. The standard InChI is InChI=1S/C17H21F3N2O4/c1-2-25-13-5-3-4-6-14(13)26-11-15(23)21-12-7-9-22(10-8-12)16(24)17(18,19)20/h3-6,12H,2,7-11H2,1H3,(H,21,23). The molecule has 0 radical (unpaired) electrons. The number of alkyl halides is 3. The first-order chi connectivity index (χ1) is 12.3. The molecule has 1 aromatic rings. The van der Waals surface area contributed by atoms with Crippen molar-refractivity contribution in [3.8, 4) is 11.5 Å². The molecule has 1 aliphatic rings. The van der Waals surface area contributed by atoms with E-state index in [1.165, 1.54) is 0 Å². The van der Waals surface area contributed by atoms with E-state index < -0.39 is 12.1 Å². The summed E-state index contributed by atoms with van der Waals surface area (Å²) in [5, 5.41) is 2.71. The quantitative estimate of drug-likeness (QED) is 0.828. The van der Waals surface area contributed by atoms with Gasteiger partial charge in [0.1, 0.15) is 0 Å². The molecule has 0 aromatic heterocycles.